The van der Waals surface area contributed by atoms with Crippen LogP contribution in [0, 0.1) is 11.3 Å². The zero-order valence-corrected chi connectivity index (χ0v) is 10.0. The van der Waals surface area contributed by atoms with Crippen LogP contribution in [-0.4, -0.2) is 19.5 Å². The molecular weight excluding hydrogens is 249 g/mol. The van der Waals surface area contributed by atoms with E-state index < -0.39 is 5.92 Å². The molecule has 0 aliphatic carbocycles. The smallest absolute Gasteiger partial charge is 0.180 e. The number of Topliss-reactive ketones (excluding diaryl/α,β-unsaturated/α-hetero) is 1. The van der Waals surface area contributed by atoms with E-state index in [0.717, 1.165) is 0 Å². The lowest BCUT2D eigenvalue weighted by Gasteiger charge is -2.11. The summed E-state index contributed by atoms with van der Waals surface area (Å²) in [5.74, 6) is -1.35. The molecule has 0 amide bonds. The molecule has 1 aromatic rings. The minimum Gasteiger partial charge on any atom is -0.377 e. The average Bonchev–Trinajstić information content (AvgIpc) is 2.24. The number of benzene rings is 1. The second-order valence-corrected chi connectivity index (χ2v) is 3.91. The summed E-state index contributed by atoms with van der Waals surface area (Å²) in [6.45, 7) is -0.139. The van der Waals surface area contributed by atoms with Crippen LogP contribution in [0.3, 0.4) is 0 Å². The zero-order valence-electron chi connectivity index (χ0n) is 8.54. The normalized spacial score (nSPS) is 11.9. The zero-order chi connectivity index (χ0) is 12.1. The number of halogens is 2. The van der Waals surface area contributed by atoms with Gasteiger partial charge in [0.1, 0.15) is 12.5 Å². The Labute approximate surface area is 104 Å². The van der Waals surface area contributed by atoms with Gasteiger partial charge in [-0.3, -0.25) is 4.79 Å². The molecule has 0 fully saturated rings. The number of carbonyl (C=O) groups is 1. The van der Waals surface area contributed by atoms with Crippen LogP contribution >= 0.6 is 23.2 Å². The maximum Gasteiger partial charge on any atom is 0.180 e. The van der Waals surface area contributed by atoms with Gasteiger partial charge in [-0.2, -0.15) is 5.26 Å². The molecule has 0 saturated carbocycles. The predicted molar refractivity (Wildman–Crippen MR) is 61.7 cm³/mol. The van der Waals surface area contributed by atoms with Crippen molar-refractivity contribution >= 4 is 29.0 Å². The topological polar surface area (TPSA) is 50.1 Å². The second-order valence-electron chi connectivity index (χ2n) is 3.10. The van der Waals surface area contributed by atoms with Crippen LogP contribution in [0.2, 0.25) is 10.0 Å². The van der Waals surface area contributed by atoms with Crippen molar-refractivity contribution in [2.75, 3.05) is 13.7 Å². The van der Waals surface area contributed by atoms with Crippen LogP contribution in [0.15, 0.2) is 18.2 Å². The van der Waals surface area contributed by atoms with Gasteiger partial charge >= 0.3 is 0 Å². The summed E-state index contributed by atoms with van der Waals surface area (Å²) in [6, 6.07) is 6.72. The number of ketones is 1. The molecule has 1 aromatic carbocycles. The fraction of sp³-hybridized carbons (Fsp3) is 0.273. The first-order valence-electron chi connectivity index (χ1n) is 4.47. The highest BCUT2D eigenvalue weighted by Crippen LogP contribution is 2.31. The standard InChI is InChI=1S/C11H9Cl2NO2/c1-16-6-10(15)7(5-14)11-8(12)3-2-4-9(11)13/h2-4,7H,6H2,1H3. The Morgan fingerprint density at radius 3 is 2.50 bits per heavy atom. The molecule has 1 atom stereocenters. The molecule has 0 aromatic heterocycles. The van der Waals surface area contributed by atoms with E-state index in [2.05, 4.69) is 0 Å². The molecule has 5 heteroatoms. The Bertz CT molecular complexity index is 420. The van der Waals surface area contributed by atoms with Crippen molar-refractivity contribution in [2.45, 2.75) is 5.92 Å². The monoisotopic (exact) mass is 257 g/mol. The quantitative estimate of drug-likeness (QED) is 0.834. The fourth-order valence-corrected chi connectivity index (χ4v) is 1.93. The van der Waals surface area contributed by atoms with Crippen molar-refractivity contribution in [1.29, 1.82) is 5.26 Å². The van der Waals surface area contributed by atoms with Crippen molar-refractivity contribution in [1.82, 2.24) is 0 Å². The molecule has 1 rings (SSSR count). The number of hydrogen-bond acceptors (Lipinski definition) is 3. The van der Waals surface area contributed by atoms with E-state index in [0.29, 0.717) is 15.6 Å². The molecule has 3 nitrogen and oxygen atoms in total. The third-order valence-electron chi connectivity index (χ3n) is 2.03. The average molecular weight is 258 g/mol. The molecular formula is C11H9Cl2NO2. The maximum atomic E-state index is 11.6. The van der Waals surface area contributed by atoms with Gasteiger partial charge in [-0.1, -0.05) is 29.3 Å². The van der Waals surface area contributed by atoms with E-state index >= 15 is 0 Å². The van der Waals surface area contributed by atoms with E-state index in [1.807, 2.05) is 6.07 Å². The third kappa shape index (κ3) is 2.73. The number of nitriles is 1. The molecule has 0 heterocycles. The summed E-state index contributed by atoms with van der Waals surface area (Å²) in [4.78, 5) is 11.6. The van der Waals surface area contributed by atoms with E-state index in [9.17, 15) is 4.79 Å². The molecule has 0 bridgehead atoms. The molecule has 0 aliphatic heterocycles. The van der Waals surface area contributed by atoms with Crippen molar-refractivity contribution in [3.05, 3.63) is 33.8 Å². The first-order valence-corrected chi connectivity index (χ1v) is 5.22. The van der Waals surface area contributed by atoms with Crippen LogP contribution in [0.4, 0.5) is 0 Å². The minimum absolute atomic E-state index is 0.139. The van der Waals surface area contributed by atoms with Crippen molar-refractivity contribution < 1.29 is 9.53 Å². The lowest BCUT2D eigenvalue weighted by atomic mass is 9.96. The number of ether oxygens (including phenoxy) is 1. The predicted octanol–water partition coefficient (Wildman–Crippen LogP) is 2.82. The van der Waals surface area contributed by atoms with E-state index in [4.69, 9.17) is 33.2 Å². The van der Waals surface area contributed by atoms with Gasteiger partial charge in [-0.25, -0.2) is 0 Å². The molecule has 0 aliphatic rings. The molecule has 84 valence electrons. The minimum atomic E-state index is -0.985. The summed E-state index contributed by atoms with van der Waals surface area (Å²) in [5.41, 5.74) is 0.343. The Hall–Kier alpha value is -1.08. The first kappa shape index (κ1) is 13.0. The van der Waals surface area contributed by atoms with Gasteiger partial charge in [0, 0.05) is 22.7 Å². The first-order chi connectivity index (χ1) is 7.61. The number of nitrogens with zero attached hydrogens (tertiary/aromatic N) is 1. The third-order valence-corrected chi connectivity index (χ3v) is 2.69. The van der Waals surface area contributed by atoms with Crippen molar-refractivity contribution in [3.63, 3.8) is 0 Å². The highest BCUT2D eigenvalue weighted by Gasteiger charge is 2.24. The van der Waals surface area contributed by atoms with Gasteiger partial charge in [-0.15, -0.1) is 0 Å². The summed E-state index contributed by atoms with van der Waals surface area (Å²) < 4.78 is 4.70. The maximum absolute atomic E-state index is 11.6. The van der Waals surface area contributed by atoms with E-state index in [1.165, 1.54) is 7.11 Å². The van der Waals surface area contributed by atoms with Gasteiger partial charge in [-0.05, 0) is 12.1 Å². The summed E-state index contributed by atoms with van der Waals surface area (Å²) in [5, 5.41) is 9.60. The molecule has 16 heavy (non-hydrogen) atoms. The largest absolute Gasteiger partial charge is 0.377 e. The highest BCUT2D eigenvalue weighted by atomic mass is 35.5. The Balaban J connectivity index is 3.15. The summed E-state index contributed by atoms with van der Waals surface area (Å²) in [6.07, 6.45) is 0. The number of rotatable bonds is 4. The molecule has 1 unspecified atom stereocenters. The highest BCUT2D eigenvalue weighted by molar-refractivity contribution is 6.36. The Morgan fingerprint density at radius 1 is 1.50 bits per heavy atom. The lowest BCUT2D eigenvalue weighted by Crippen LogP contribution is -2.16. The number of hydrogen-bond donors (Lipinski definition) is 0. The van der Waals surface area contributed by atoms with Gasteiger partial charge < -0.3 is 4.74 Å². The summed E-state index contributed by atoms with van der Waals surface area (Å²) in [7, 11) is 1.39. The van der Waals surface area contributed by atoms with Crippen molar-refractivity contribution in [2.24, 2.45) is 0 Å². The van der Waals surface area contributed by atoms with Crippen LogP contribution in [-0.2, 0) is 9.53 Å². The van der Waals surface area contributed by atoms with Crippen LogP contribution in [0.25, 0.3) is 0 Å². The van der Waals surface area contributed by atoms with Gasteiger partial charge in [0.25, 0.3) is 0 Å². The van der Waals surface area contributed by atoms with E-state index in [-0.39, 0.29) is 12.4 Å². The lowest BCUT2D eigenvalue weighted by molar-refractivity contribution is -0.122. The number of carbonyl (C=O) groups excluding carboxylic acids is 1. The molecule has 0 radical (unpaired) electrons. The molecule has 0 spiro atoms. The summed E-state index contributed by atoms with van der Waals surface area (Å²) >= 11 is 11.8. The molecule has 0 N–H and O–H groups in total. The van der Waals surface area contributed by atoms with Crippen LogP contribution < -0.4 is 0 Å². The van der Waals surface area contributed by atoms with E-state index in [1.54, 1.807) is 18.2 Å². The van der Waals surface area contributed by atoms with Gasteiger partial charge in [0.05, 0.1) is 6.07 Å². The van der Waals surface area contributed by atoms with Gasteiger partial charge in [0.2, 0.25) is 0 Å². The number of methoxy groups -OCH3 is 1. The van der Waals surface area contributed by atoms with Gasteiger partial charge in [0.15, 0.2) is 5.78 Å². The second kappa shape index (κ2) is 5.86. The Morgan fingerprint density at radius 2 is 2.06 bits per heavy atom. The van der Waals surface area contributed by atoms with Crippen LogP contribution in [0.1, 0.15) is 11.5 Å². The van der Waals surface area contributed by atoms with Crippen molar-refractivity contribution in [3.8, 4) is 6.07 Å². The Kier molecular flexibility index (Phi) is 4.75. The SMILES string of the molecule is COCC(=O)C(C#N)c1c(Cl)cccc1Cl. The molecule has 0 saturated heterocycles. The van der Waals surface area contributed by atoms with Crippen LogP contribution in [0.5, 0.6) is 0 Å². The fourth-order valence-electron chi connectivity index (χ4n) is 1.31.